The predicted molar refractivity (Wildman–Crippen MR) is 96.8 cm³/mol. The number of aryl methyl sites for hydroxylation is 1. The number of aromatic nitrogens is 2. The van der Waals surface area contributed by atoms with Crippen LogP contribution in [0.3, 0.4) is 0 Å². The van der Waals surface area contributed by atoms with Gasteiger partial charge in [0.1, 0.15) is 11.2 Å². The highest BCUT2D eigenvalue weighted by atomic mass is 16.5. The molecule has 1 unspecified atom stereocenters. The summed E-state index contributed by atoms with van der Waals surface area (Å²) in [7, 11) is 0. The summed E-state index contributed by atoms with van der Waals surface area (Å²) in [5, 5.41) is 0.465. The van der Waals surface area contributed by atoms with E-state index >= 15 is 0 Å². The van der Waals surface area contributed by atoms with Crippen molar-refractivity contribution in [3.63, 3.8) is 0 Å². The fourth-order valence-corrected chi connectivity index (χ4v) is 3.67. The van der Waals surface area contributed by atoms with Crippen LogP contribution in [-0.2, 0) is 11.3 Å². The molecule has 1 atom stereocenters. The van der Waals surface area contributed by atoms with Crippen LogP contribution < -0.4 is 5.43 Å². The zero-order chi connectivity index (χ0) is 17.8. The standard InChI is InChI=1S/C19H25N3O3/c1-3-21-11-6-7-14(21)9-12-22-13-16(19(24)25-4-2)17(23)15-8-5-10-20-18(15)22/h5,8,10,13-14H,3-4,6-7,9,11-12H2,1-2H3. The maximum absolute atomic E-state index is 12.6. The number of esters is 1. The predicted octanol–water partition coefficient (Wildman–Crippen LogP) is 2.45. The van der Waals surface area contributed by atoms with Gasteiger partial charge in [0.15, 0.2) is 0 Å². The summed E-state index contributed by atoms with van der Waals surface area (Å²) in [5.74, 6) is -0.567. The smallest absolute Gasteiger partial charge is 0.343 e. The van der Waals surface area contributed by atoms with Crippen LogP contribution >= 0.6 is 0 Å². The zero-order valence-electron chi connectivity index (χ0n) is 14.9. The van der Waals surface area contributed by atoms with Crippen molar-refractivity contribution in [1.29, 1.82) is 0 Å². The van der Waals surface area contributed by atoms with Crippen molar-refractivity contribution < 1.29 is 9.53 Å². The lowest BCUT2D eigenvalue weighted by molar-refractivity contribution is 0.0524. The number of carbonyl (C=O) groups is 1. The molecular formula is C19H25N3O3. The van der Waals surface area contributed by atoms with E-state index in [1.165, 1.54) is 12.8 Å². The van der Waals surface area contributed by atoms with E-state index in [-0.39, 0.29) is 17.6 Å². The first-order valence-corrected chi connectivity index (χ1v) is 9.05. The first-order valence-electron chi connectivity index (χ1n) is 9.05. The summed E-state index contributed by atoms with van der Waals surface area (Å²) in [6.07, 6.45) is 6.70. The molecule has 0 spiro atoms. The number of hydrogen-bond donors (Lipinski definition) is 0. The van der Waals surface area contributed by atoms with Gasteiger partial charge >= 0.3 is 5.97 Å². The van der Waals surface area contributed by atoms with Gasteiger partial charge in [0.2, 0.25) is 5.43 Å². The van der Waals surface area contributed by atoms with E-state index in [2.05, 4.69) is 16.8 Å². The number of pyridine rings is 2. The highest BCUT2D eigenvalue weighted by Gasteiger charge is 2.23. The van der Waals surface area contributed by atoms with Gasteiger partial charge in [-0.3, -0.25) is 4.79 Å². The van der Waals surface area contributed by atoms with Gasteiger partial charge in [0.25, 0.3) is 0 Å². The number of carbonyl (C=O) groups excluding carboxylic acids is 1. The van der Waals surface area contributed by atoms with E-state index in [0.29, 0.717) is 17.1 Å². The third-order valence-corrected chi connectivity index (χ3v) is 4.94. The summed E-state index contributed by atoms with van der Waals surface area (Å²) in [6, 6.07) is 3.99. The van der Waals surface area contributed by atoms with Crippen molar-refractivity contribution in [1.82, 2.24) is 14.5 Å². The van der Waals surface area contributed by atoms with Gasteiger partial charge in [-0.15, -0.1) is 0 Å². The average Bonchev–Trinajstić information content (AvgIpc) is 3.09. The number of hydrogen-bond acceptors (Lipinski definition) is 5. The lowest BCUT2D eigenvalue weighted by Gasteiger charge is -2.23. The Morgan fingerprint density at radius 2 is 2.24 bits per heavy atom. The Balaban J connectivity index is 1.94. The molecule has 3 rings (SSSR count). The Labute approximate surface area is 147 Å². The van der Waals surface area contributed by atoms with E-state index in [1.54, 1.807) is 31.5 Å². The monoisotopic (exact) mass is 343 g/mol. The van der Waals surface area contributed by atoms with Crippen molar-refractivity contribution in [2.24, 2.45) is 0 Å². The molecule has 6 nitrogen and oxygen atoms in total. The van der Waals surface area contributed by atoms with E-state index in [1.807, 2.05) is 4.57 Å². The van der Waals surface area contributed by atoms with E-state index in [9.17, 15) is 9.59 Å². The van der Waals surface area contributed by atoms with E-state index in [4.69, 9.17) is 4.74 Å². The van der Waals surface area contributed by atoms with Crippen molar-refractivity contribution in [3.05, 3.63) is 40.3 Å². The minimum atomic E-state index is -0.567. The van der Waals surface area contributed by atoms with Crippen LogP contribution in [-0.4, -0.2) is 46.2 Å². The van der Waals surface area contributed by atoms with Crippen LogP contribution in [0.5, 0.6) is 0 Å². The normalized spacial score (nSPS) is 17.9. The lowest BCUT2D eigenvalue weighted by Crippen LogP contribution is -2.30. The molecule has 3 heterocycles. The van der Waals surface area contributed by atoms with Gasteiger partial charge in [-0.2, -0.15) is 0 Å². The molecule has 1 saturated heterocycles. The molecule has 0 amide bonds. The summed E-state index contributed by atoms with van der Waals surface area (Å²) < 4.78 is 6.97. The Morgan fingerprint density at radius 1 is 1.40 bits per heavy atom. The van der Waals surface area contributed by atoms with Crippen molar-refractivity contribution in [3.8, 4) is 0 Å². The van der Waals surface area contributed by atoms with Crippen LogP contribution in [0.25, 0.3) is 11.0 Å². The van der Waals surface area contributed by atoms with Crippen LogP contribution in [0.2, 0.25) is 0 Å². The molecule has 6 heteroatoms. The maximum Gasteiger partial charge on any atom is 0.343 e. The molecule has 0 saturated carbocycles. The van der Waals surface area contributed by atoms with E-state index < -0.39 is 5.97 Å². The molecule has 1 aliphatic rings. The van der Waals surface area contributed by atoms with Crippen LogP contribution in [0.15, 0.2) is 29.3 Å². The molecule has 0 aromatic carbocycles. The second-order valence-corrected chi connectivity index (χ2v) is 6.37. The number of rotatable bonds is 6. The number of nitrogens with zero attached hydrogens (tertiary/aromatic N) is 3. The van der Waals surface area contributed by atoms with Crippen molar-refractivity contribution in [2.75, 3.05) is 19.7 Å². The van der Waals surface area contributed by atoms with Crippen LogP contribution in [0.1, 0.15) is 43.5 Å². The quantitative estimate of drug-likeness (QED) is 0.754. The Morgan fingerprint density at radius 3 is 3.00 bits per heavy atom. The van der Waals surface area contributed by atoms with Crippen molar-refractivity contribution >= 4 is 17.0 Å². The summed E-state index contributed by atoms with van der Waals surface area (Å²) >= 11 is 0. The van der Waals surface area contributed by atoms with Gasteiger partial charge in [-0.05, 0) is 51.4 Å². The minimum Gasteiger partial charge on any atom is -0.462 e. The fourth-order valence-electron chi connectivity index (χ4n) is 3.67. The van der Waals surface area contributed by atoms with E-state index in [0.717, 1.165) is 26.1 Å². The van der Waals surface area contributed by atoms with Gasteiger partial charge in [0, 0.05) is 25.0 Å². The molecular weight excluding hydrogens is 318 g/mol. The third-order valence-electron chi connectivity index (χ3n) is 4.94. The Kier molecular flexibility index (Phi) is 5.48. The Hall–Kier alpha value is -2.21. The van der Waals surface area contributed by atoms with Gasteiger partial charge in [-0.1, -0.05) is 6.92 Å². The molecule has 2 aromatic rings. The average molecular weight is 343 g/mol. The van der Waals surface area contributed by atoms with Gasteiger partial charge < -0.3 is 14.2 Å². The van der Waals surface area contributed by atoms with Gasteiger partial charge in [-0.25, -0.2) is 9.78 Å². The second kappa shape index (κ2) is 7.78. The SMILES string of the molecule is CCOC(=O)c1cn(CCC2CCCN2CC)c2ncccc2c1=O. The third kappa shape index (κ3) is 3.58. The molecule has 134 valence electrons. The molecule has 0 N–H and O–H groups in total. The van der Waals surface area contributed by atoms with Gasteiger partial charge in [0.05, 0.1) is 12.0 Å². The maximum atomic E-state index is 12.6. The Bertz CT molecular complexity index is 815. The largest absolute Gasteiger partial charge is 0.462 e. The highest BCUT2D eigenvalue weighted by molar-refractivity contribution is 5.92. The first kappa shape index (κ1) is 17.6. The second-order valence-electron chi connectivity index (χ2n) is 6.37. The molecule has 0 bridgehead atoms. The van der Waals surface area contributed by atoms with Crippen molar-refractivity contribution in [2.45, 2.75) is 45.7 Å². The fraction of sp³-hybridized carbons (Fsp3) is 0.526. The van der Waals surface area contributed by atoms with Crippen LogP contribution in [0, 0.1) is 0 Å². The summed E-state index contributed by atoms with van der Waals surface area (Å²) in [5.41, 5.74) is 0.400. The molecule has 2 aromatic heterocycles. The first-order chi connectivity index (χ1) is 12.2. The molecule has 1 aliphatic heterocycles. The number of likely N-dealkylation sites (tertiary alicyclic amines) is 1. The number of fused-ring (bicyclic) bond motifs is 1. The molecule has 25 heavy (non-hydrogen) atoms. The summed E-state index contributed by atoms with van der Waals surface area (Å²) in [6.45, 7) is 7.10. The highest BCUT2D eigenvalue weighted by Crippen LogP contribution is 2.21. The molecule has 1 fully saturated rings. The molecule has 0 radical (unpaired) electrons. The van der Waals surface area contributed by atoms with Crippen LogP contribution in [0.4, 0.5) is 0 Å². The summed E-state index contributed by atoms with van der Waals surface area (Å²) in [4.78, 5) is 31.6. The number of ether oxygens (including phenoxy) is 1. The topological polar surface area (TPSA) is 64.4 Å². The minimum absolute atomic E-state index is 0.0844. The zero-order valence-corrected chi connectivity index (χ0v) is 14.9. The lowest BCUT2D eigenvalue weighted by atomic mass is 10.1. The molecule has 0 aliphatic carbocycles.